The molecule has 1 atom stereocenters. The molecule has 0 fully saturated rings. The van der Waals surface area contributed by atoms with Crippen LogP contribution in [0.5, 0.6) is 5.75 Å². The Labute approximate surface area is 155 Å². The zero-order chi connectivity index (χ0) is 17.6. The number of aryl methyl sites for hydroxylation is 1. The second-order valence-electron chi connectivity index (χ2n) is 6.26. The van der Waals surface area contributed by atoms with E-state index in [1.165, 1.54) is 0 Å². The van der Waals surface area contributed by atoms with E-state index in [0.29, 0.717) is 23.1 Å². The number of carbonyl (C=O) groups excluding carboxylic acids is 1. The quantitative estimate of drug-likeness (QED) is 0.623. The molecule has 0 saturated heterocycles. The number of Topliss-reactive ketones (excluding diaryl/α,β-unsaturated/α-hetero) is 1. The van der Waals surface area contributed by atoms with Crippen LogP contribution in [0.4, 0.5) is 0 Å². The Balaban J connectivity index is 1.84. The Morgan fingerprint density at radius 1 is 1.28 bits per heavy atom. The fourth-order valence-electron chi connectivity index (χ4n) is 3.21. The first-order valence-corrected chi connectivity index (χ1v) is 9.48. The number of phenolic OH excluding ortho intramolecular Hbond substituents is 1. The lowest BCUT2D eigenvalue weighted by molar-refractivity contribution is -0.115. The normalized spacial score (nSPS) is 15.6. The smallest absolute Gasteiger partial charge is 0.160 e. The third kappa shape index (κ3) is 2.87. The molecule has 126 valence electrons. The van der Waals surface area contributed by atoms with Crippen molar-refractivity contribution in [2.24, 2.45) is 0 Å². The van der Waals surface area contributed by atoms with Gasteiger partial charge in [-0.3, -0.25) is 4.79 Å². The van der Waals surface area contributed by atoms with Gasteiger partial charge in [-0.05, 0) is 37.1 Å². The van der Waals surface area contributed by atoms with Gasteiger partial charge in [-0.1, -0.05) is 24.3 Å². The van der Waals surface area contributed by atoms with Crippen molar-refractivity contribution in [3.63, 3.8) is 0 Å². The molecule has 3 nitrogen and oxygen atoms in total. The number of allylic oxidation sites excluding steroid dienone is 1. The van der Waals surface area contributed by atoms with Gasteiger partial charge >= 0.3 is 0 Å². The second kappa shape index (κ2) is 6.32. The lowest BCUT2D eigenvalue weighted by atomic mass is 9.97. The number of nitrogens with zero attached hydrogens (tertiary/aromatic N) is 1. The van der Waals surface area contributed by atoms with Crippen LogP contribution >= 0.6 is 24.0 Å². The minimum atomic E-state index is -0.414. The van der Waals surface area contributed by atoms with Crippen LogP contribution < -0.4 is 0 Å². The highest BCUT2D eigenvalue weighted by Crippen LogP contribution is 2.44. The number of hydrogen-bond donors (Lipinski definition) is 2. The first-order chi connectivity index (χ1) is 12.0. The van der Waals surface area contributed by atoms with E-state index in [0.717, 1.165) is 27.2 Å². The number of fused-ring (bicyclic) bond motifs is 1. The molecule has 1 aliphatic rings. The van der Waals surface area contributed by atoms with Gasteiger partial charge in [0.25, 0.3) is 0 Å². The van der Waals surface area contributed by atoms with Gasteiger partial charge < -0.3 is 5.11 Å². The van der Waals surface area contributed by atoms with E-state index in [-0.39, 0.29) is 11.5 Å². The Hall–Kier alpha value is -2.11. The molecule has 25 heavy (non-hydrogen) atoms. The van der Waals surface area contributed by atoms with Gasteiger partial charge in [0.1, 0.15) is 10.8 Å². The summed E-state index contributed by atoms with van der Waals surface area (Å²) in [7, 11) is 0. The van der Waals surface area contributed by atoms with Crippen molar-refractivity contribution >= 4 is 40.0 Å². The van der Waals surface area contributed by atoms with Crippen LogP contribution in [0.25, 0.3) is 20.8 Å². The van der Waals surface area contributed by atoms with Crippen LogP contribution in [0.2, 0.25) is 0 Å². The van der Waals surface area contributed by atoms with Crippen molar-refractivity contribution in [3.8, 4) is 16.3 Å². The SMILES string of the molecule is Cc1cc(-c2nc3ccccc3s2)c(O)c(C(S)C2=CCCC2=O)c1. The van der Waals surface area contributed by atoms with Gasteiger partial charge in [-0.25, -0.2) is 4.98 Å². The maximum atomic E-state index is 12.0. The highest BCUT2D eigenvalue weighted by Gasteiger charge is 2.26. The second-order valence-corrected chi connectivity index (χ2v) is 7.81. The number of rotatable bonds is 3. The van der Waals surface area contributed by atoms with Crippen molar-refractivity contribution in [1.82, 2.24) is 4.98 Å². The summed E-state index contributed by atoms with van der Waals surface area (Å²) in [4.78, 5) is 16.7. The Kier molecular flexibility index (Phi) is 4.13. The van der Waals surface area contributed by atoms with Gasteiger partial charge in [0.15, 0.2) is 5.78 Å². The van der Waals surface area contributed by atoms with Gasteiger partial charge in [-0.15, -0.1) is 11.3 Å². The molecule has 1 unspecified atom stereocenters. The van der Waals surface area contributed by atoms with E-state index in [2.05, 4.69) is 17.6 Å². The number of carbonyl (C=O) groups is 1. The molecule has 2 aromatic carbocycles. The first kappa shape index (κ1) is 16.4. The molecule has 0 spiro atoms. The number of thiol groups is 1. The monoisotopic (exact) mass is 367 g/mol. The number of aromatic hydroxyl groups is 1. The first-order valence-electron chi connectivity index (χ1n) is 8.15. The van der Waals surface area contributed by atoms with Crippen molar-refractivity contribution in [2.75, 3.05) is 0 Å². The van der Waals surface area contributed by atoms with E-state index in [4.69, 9.17) is 0 Å². The molecule has 0 amide bonds. The fourth-order valence-corrected chi connectivity index (χ4v) is 4.64. The van der Waals surface area contributed by atoms with Gasteiger partial charge in [0.05, 0.1) is 21.0 Å². The molecular weight excluding hydrogens is 350 g/mol. The average molecular weight is 367 g/mol. The van der Waals surface area contributed by atoms with Crippen LogP contribution in [-0.4, -0.2) is 15.9 Å². The van der Waals surface area contributed by atoms with E-state index >= 15 is 0 Å². The fraction of sp³-hybridized carbons (Fsp3) is 0.200. The summed E-state index contributed by atoms with van der Waals surface area (Å²) in [5.41, 5.74) is 3.97. The topological polar surface area (TPSA) is 50.2 Å². The van der Waals surface area contributed by atoms with Crippen molar-refractivity contribution < 1.29 is 9.90 Å². The molecule has 1 N–H and O–H groups in total. The maximum absolute atomic E-state index is 12.0. The Morgan fingerprint density at radius 2 is 2.08 bits per heavy atom. The van der Waals surface area contributed by atoms with E-state index in [1.54, 1.807) is 11.3 Å². The van der Waals surface area contributed by atoms with Gasteiger partial charge in [0.2, 0.25) is 0 Å². The zero-order valence-corrected chi connectivity index (χ0v) is 15.4. The number of para-hydroxylation sites is 1. The molecule has 4 rings (SSSR count). The standard InChI is InChI=1S/C20H17NO2S2/c1-11-9-13(19(24)12-5-4-7-16(12)22)18(23)14(10-11)20-21-15-6-2-3-8-17(15)25-20/h2-3,5-6,8-10,19,23-24H,4,7H2,1H3. The zero-order valence-electron chi connectivity index (χ0n) is 13.7. The number of benzene rings is 2. The number of ketones is 1. The summed E-state index contributed by atoms with van der Waals surface area (Å²) in [6.45, 7) is 1.98. The summed E-state index contributed by atoms with van der Waals surface area (Å²) in [5, 5.41) is 11.2. The summed E-state index contributed by atoms with van der Waals surface area (Å²) in [6, 6.07) is 11.8. The molecule has 0 saturated carbocycles. The third-order valence-corrected chi connectivity index (χ3v) is 6.08. The number of hydrogen-bond acceptors (Lipinski definition) is 5. The molecule has 5 heteroatoms. The van der Waals surface area contributed by atoms with Crippen molar-refractivity contribution in [1.29, 1.82) is 0 Å². The van der Waals surface area contributed by atoms with Crippen LogP contribution in [-0.2, 0) is 4.79 Å². The summed E-state index contributed by atoms with van der Waals surface area (Å²) < 4.78 is 1.08. The molecule has 1 aromatic heterocycles. The highest BCUT2D eigenvalue weighted by atomic mass is 32.1. The van der Waals surface area contributed by atoms with E-state index in [9.17, 15) is 9.90 Å². The average Bonchev–Trinajstić information content (AvgIpc) is 3.21. The van der Waals surface area contributed by atoms with Crippen molar-refractivity contribution in [3.05, 3.63) is 59.2 Å². The third-order valence-electron chi connectivity index (χ3n) is 4.45. The van der Waals surface area contributed by atoms with Crippen LogP contribution in [0.3, 0.4) is 0 Å². The van der Waals surface area contributed by atoms with Gasteiger partial charge in [-0.2, -0.15) is 12.6 Å². The summed E-state index contributed by atoms with van der Waals surface area (Å²) in [6.07, 6.45) is 3.21. The molecule has 0 radical (unpaired) electrons. The summed E-state index contributed by atoms with van der Waals surface area (Å²) >= 11 is 6.18. The molecular formula is C20H17NO2S2. The minimum absolute atomic E-state index is 0.113. The van der Waals surface area contributed by atoms with E-state index in [1.807, 2.05) is 49.4 Å². The Morgan fingerprint density at radius 3 is 2.80 bits per heavy atom. The van der Waals surface area contributed by atoms with E-state index < -0.39 is 5.25 Å². The largest absolute Gasteiger partial charge is 0.507 e. The van der Waals surface area contributed by atoms with Crippen LogP contribution in [0.15, 0.2) is 48.0 Å². The molecule has 3 aromatic rings. The number of thiazole rings is 1. The number of aromatic nitrogens is 1. The lowest BCUT2D eigenvalue weighted by Crippen LogP contribution is -2.04. The number of phenols is 1. The molecule has 1 heterocycles. The molecule has 0 aliphatic heterocycles. The minimum Gasteiger partial charge on any atom is -0.507 e. The summed E-state index contributed by atoms with van der Waals surface area (Å²) in [5.74, 6) is 0.271. The van der Waals surface area contributed by atoms with Crippen molar-refractivity contribution in [2.45, 2.75) is 25.0 Å². The Bertz CT molecular complexity index is 987. The maximum Gasteiger partial charge on any atom is 0.160 e. The molecule has 1 aliphatic carbocycles. The lowest BCUT2D eigenvalue weighted by Gasteiger charge is -2.16. The van der Waals surface area contributed by atoms with Gasteiger partial charge in [0, 0.05) is 17.6 Å². The highest BCUT2D eigenvalue weighted by molar-refractivity contribution is 7.80. The van der Waals surface area contributed by atoms with Crippen LogP contribution in [0.1, 0.15) is 29.2 Å². The predicted octanol–water partition coefficient (Wildman–Crippen LogP) is 5.24. The molecule has 0 bridgehead atoms. The predicted molar refractivity (Wildman–Crippen MR) is 106 cm³/mol. The van der Waals surface area contributed by atoms with Crippen LogP contribution in [0, 0.1) is 6.92 Å².